The van der Waals surface area contributed by atoms with Crippen molar-refractivity contribution in [3.8, 4) is 0 Å². The monoisotopic (exact) mass is 426 g/mol. The molecule has 0 bridgehead atoms. The Labute approximate surface area is 178 Å². The molecule has 0 aliphatic carbocycles. The van der Waals surface area contributed by atoms with Crippen LogP contribution in [0.1, 0.15) is 40.1 Å². The van der Waals surface area contributed by atoms with Crippen LogP contribution in [0.2, 0.25) is 0 Å². The zero-order chi connectivity index (χ0) is 21.1. The zero-order valence-electron chi connectivity index (χ0n) is 16.7. The molecule has 1 aliphatic heterocycles. The summed E-state index contributed by atoms with van der Waals surface area (Å²) in [6, 6.07) is 12.3. The molecule has 30 heavy (non-hydrogen) atoms. The molecule has 0 spiro atoms. The average Bonchev–Trinajstić information content (AvgIpc) is 3.10. The number of rotatable bonds is 6. The summed E-state index contributed by atoms with van der Waals surface area (Å²) < 4.78 is 20.3. The molecule has 3 aromatic rings. The van der Waals surface area contributed by atoms with Crippen LogP contribution in [0.4, 0.5) is 10.1 Å². The van der Waals surface area contributed by atoms with Gasteiger partial charge >= 0.3 is 0 Å². The van der Waals surface area contributed by atoms with E-state index in [0.717, 1.165) is 24.9 Å². The van der Waals surface area contributed by atoms with E-state index >= 15 is 0 Å². The van der Waals surface area contributed by atoms with E-state index in [4.69, 9.17) is 4.74 Å². The molecule has 2 heterocycles. The van der Waals surface area contributed by atoms with E-state index in [9.17, 15) is 14.0 Å². The van der Waals surface area contributed by atoms with Gasteiger partial charge in [-0.05, 0) is 42.7 Å². The highest BCUT2D eigenvalue weighted by molar-refractivity contribution is 7.21. The van der Waals surface area contributed by atoms with Gasteiger partial charge in [-0.3, -0.25) is 9.59 Å². The van der Waals surface area contributed by atoms with Crippen molar-refractivity contribution in [2.75, 3.05) is 19.0 Å². The van der Waals surface area contributed by atoms with E-state index in [1.165, 1.54) is 24.5 Å². The van der Waals surface area contributed by atoms with E-state index in [2.05, 4.69) is 5.32 Å². The lowest BCUT2D eigenvalue weighted by atomic mass is 10.1. The molecule has 2 aromatic carbocycles. The molecule has 1 fully saturated rings. The fourth-order valence-corrected chi connectivity index (χ4v) is 4.93. The van der Waals surface area contributed by atoms with Crippen LogP contribution in [0, 0.1) is 5.82 Å². The Morgan fingerprint density at radius 2 is 2.07 bits per heavy atom. The number of nitrogens with one attached hydrogen (secondary N) is 1. The minimum atomic E-state index is -0.358. The van der Waals surface area contributed by atoms with Crippen LogP contribution in [-0.4, -0.2) is 30.4 Å². The quantitative estimate of drug-likeness (QED) is 0.607. The molecule has 1 aromatic heterocycles. The Hall–Kier alpha value is -2.77. The summed E-state index contributed by atoms with van der Waals surface area (Å²) in [6.45, 7) is 1.45. The molecule has 0 radical (unpaired) electrons. The van der Waals surface area contributed by atoms with Crippen molar-refractivity contribution in [2.45, 2.75) is 32.4 Å². The van der Waals surface area contributed by atoms with Crippen LogP contribution in [0.25, 0.3) is 10.1 Å². The number of nitrogens with zero attached hydrogens (tertiary/aromatic N) is 1. The maximum absolute atomic E-state index is 14.4. The number of hydrogen-bond donors (Lipinski definition) is 1. The molecular weight excluding hydrogens is 403 g/mol. The number of carbonyl (C=O) groups excluding carboxylic acids is 2. The summed E-state index contributed by atoms with van der Waals surface area (Å²) in [5.41, 5.74) is 2.16. The lowest BCUT2D eigenvalue weighted by Gasteiger charge is -2.26. The van der Waals surface area contributed by atoms with Gasteiger partial charge in [-0.1, -0.05) is 18.2 Å². The Kier molecular flexibility index (Phi) is 6.11. The molecule has 2 amide bonds. The predicted octanol–water partition coefficient (Wildman–Crippen LogP) is 4.95. The first kappa shape index (κ1) is 20.5. The zero-order valence-corrected chi connectivity index (χ0v) is 17.6. The van der Waals surface area contributed by atoms with Crippen molar-refractivity contribution in [1.82, 2.24) is 4.90 Å². The molecule has 4 rings (SSSR count). The number of piperidine rings is 1. The van der Waals surface area contributed by atoms with Crippen LogP contribution >= 0.6 is 11.3 Å². The molecular formula is C23H23FN2O3S. The van der Waals surface area contributed by atoms with Crippen molar-refractivity contribution in [2.24, 2.45) is 0 Å². The second-order valence-electron chi connectivity index (χ2n) is 7.38. The second-order valence-corrected chi connectivity index (χ2v) is 8.43. The Balaban J connectivity index is 1.56. The van der Waals surface area contributed by atoms with Crippen LogP contribution in [0.5, 0.6) is 0 Å². The Bertz CT molecular complexity index is 1100. The third kappa shape index (κ3) is 4.22. The highest BCUT2D eigenvalue weighted by atomic mass is 32.1. The van der Waals surface area contributed by atoms with Gasteiger partial charge in [-0.25, -0.2) is 4.39 Å². The number of benzene rings is 2. The molecule has 0 saturated carbocycles. The fourth-order valence-electron chi connectivity index (χ4n) is 3.82. The van der Waals surface area contributed by atoms with Crippen LogP contribution in [0.3, 0.4) is 0 Å². The Morgan fingerprint density at radius 1 is 1.23 bits per heavy atom. The van der Waals surface area contributed by atoms with Gasteiger partial charge in [0, 0.05) is 48.0 Å². The lowest BCUT2D eigenvalue weighted by molar-refractivity contribution is -0.133. The number of amides is 2. The maximum atomic E-state index is 14.4. The predicted molar refractivity (Wildman–Crippen MR) is 116 cm³/mol. The number of likely N-dealkylation sites (tertiary alicyclic amines) is 1. The molecule has 1 saturated heterocycles. The number of methoxy groups -OCH3 is 1. The van der Waals surface area contributed by atoms with Gasteiger partial charge in [-0.2, -0.15) is 0 Å². The number of halogens is 1. The summed E-state index contributed by atoms with van der Waals surface area (Å²) in [5, 5.41) is 3.35. The van der Waals surface area contributed by atoms with E-state index in [0.29, 0.717) is 39.2 Å². The highest BCUT2D eigenvalue weighted by Gasteiger charge is 2.21. The minimum Gasteiger partial charge on any atom is -0.380 e. The Morgan fingerprint density at radius 3 is 2.87 bits per heavy atom. The van der Waals surface area contributed by atoms with Crippen molar-refractivity contribution in [3.05, 3.63) is 64.3 Å². The van der Waals surface area contributed by atoms with E-state index < -0.39 is 0 Å². The first-order chi connectivity index (χ1) is 14.6. The average molecular weight is 427 g/mol. The van der Waals surface area contributed by atoms with Crippen molar-refractivity contribution in [3.63, 3.8) is 0 Å². The number of thiophene rings is 1. The normalized spacial score (nSPS) is 14.3. The lowest BCUT2D eigenvalue weighted by Crippen LogP contribution is -2.34. The smallest absolute Gasteiger partial charge is 0.266 e. The van der Waals surface area contributed by atoms with Crippen LogP contribution < -0.4 is 5.32 Å². The summed E-state index contributed by atoms with van der Waals surface area (Å²) in [7, 11) is 1.53. The SMILES string of the molecule is COCc1c(C(=O)Nc2cccc(CN3CCCCC3=O)c2)sc2cccc(F)c12. The van der Waals surface area contributed by atoms with Gasteiger partial charge in [0.1, 0.15) is 5.82 Å². The molecule has 0 atom stereocenters. The third-order valence-electron chi connectivity index (χ3n) is 5.24. The highest BCUT2D eigenvalue weighted by Crippen LogP contribution is 2.34. The standard InChI is InChI=1S/C23H23FN2O3S/c1-29-14-17-21-18(24)8-5-9-19(21)30-22(17)23(28)25-16-7-4-6-15(12-16)13-26-11-3-2-10-20(26)27/h4-9,12H,2-3,10-11,13-14H2,1H3,(H,25,28). The minimum absolute atomic E-state index is 0.154. The van der Waals surface area contributed by atoms with Gasteiger partial charge in [0.25, 0.3) is 5.91 Å². The number of fused-ring (bicyclic) bond motifs is 1. The van der Waals surface area contributed by atoms with E-state index in [-0.39, 0.29) is 24.2 Å². The topological polar surface area (TPSA) is 58.6 Å². The van der Waals surface area contributed by atoms with Crippen molar-refractivity contribution < 1.29 is 18.7 Å². The van der Waals surface area contributed by atoms with Crippen molar-refractivity contribution >= 4 is 38.9 Å². The first-order valence-electron chi connectivity index (χ1n) is 9.93. The van der Waals surface area contributed by atoms with Crippen LogP contribution in [0.15, 0.2) is 42.5 Å². The van der Waals surface area contributed by atoms with Gasteiger partial charge < -0.3 is 15.0 Å². The van der Waals surface area contributed by atoms with E-state index in [1.54, 1.807) is 12.1 Å². The number of ether oxygens (including phenoxy) is 1. The first-order valence-corrected chi connectivity index (χ1v) is 10.8. The number of anilines is 1. The molecule has 0 unspecified atom stereocenters. The summed E-state index contributed by atoms with van der Waals surface area (Å²) in [4.78, 5) is 27.4. The van der Waals surface area contributed by atoms with Gasteiger partial charge in [-0.15, -0.1) is 11.3 Å². The van der Waals surface area contributed by atoms with E-state index in [1.807, 2.05) is 29.2 Å². The largest absolute Gasteiger partial charge is 0.380 e. The van der Waals surface area contributed by atoms with Crippen molar-refractivity contribution in [1.29, 1.82) is 0 Å². The molecule has 1 aliphatic rings. The maximum Gasteiger partial charge on any atom is 0.266 e. The number of hydrogen-bond acceptors (Lipinski definition) is 4. The van der Waals surface area contributed by atoms with Crippen LogP contribution in [-0.2, 0) is 22.7 Å². The third-order valence-corrected chi connectivity index (χ3v) is 6.43. The molecule has 1 N–H and O–H groups in total. The second kappa shape index (κ2) is 8.93. The summed E-state index contributed by atoms with van der Waals surface area (Å²) >= 11 is 1.25. The summed E-state index contributed by atoms with van der Waals surface area (Å²) in [6.07, 6.45) is 2.57. The number of carbonyl (C=O) groups is 2. The summed E-state index contributed by atoms with van der Waals surface area (Å²) in [5.74, 6) is -0.482. The molecule has 156 valence electrons. The van der Waals surface area contributed by atoms with Gasteiger partial charge in [0.2, 0.25) is 5.91 Å². The van der Waals surface area contributed by atoms with Gasteiger partial charge in [0.15, 0.2) is 0 Å². The molecule has 5 nitrogen and oxygen atoms in total. The fraction of sp³-hybridized carbons (Fsp3) is 0.304. The molecule has 7 heteroatoms. The van der Waals surface area contributed by atoms with Gasteiger partial charge in [0.05, 0.1) is 11.5 Å².